The van der Waals surface area contributed by atoms with Crippen molar-refractivity contribution >= 4 is 26.4 Å². The molecule has 19 heavy (non-hydrogen) atoms. The fourth-order valence-corrected chi connectivity index (χ4v) is 3.97. The first-order valence-corrected chi connectivity index (χ1v) is 8.27. The number of pyridine rings is 1. The molecule has 0 radical (unpaired) electrons. The lowest BCUT2D eigenvalue weighted by molar-refractivity contribution is 0.560. The molecule has 0 bridgehead atoms. The van der Waals surface area contributed by atoms with Gasteiger partial charge in [-0.2, -0.15) is 0 Å². The molecule has 1 fully saturated rings. The lowest BCUT2D eigenvalue weighted by Crippen LogP contribution is -2.32. The van der Waals surface area contributed by atoms with Crippen LogP contribution in [0.15, 0.2) is 36.5 Å². The highest BCUT2D eigenvalue weighted by Gasteiger charge is 2.23. The van der Waals surface area contributed by atoms with Gasteiger partial charge < -0.3 is 5.32 Å². The van der Waals surface area contributed by atoms with Crippen molar-refractivity contribution in [1.82, 2.24) is 4.98 Å². The van der Waals surface area contributed by atoms with E-state index in [9.17, 15) is 8.42 Å². The molecule has 1 aromatic heterocycles. The number of hydrogen-bond acceptors (Lipinski definition) is 4. The summed E-state index contributed by atoms with van der Waals surface area (Å²) in [5, 5.41) is 4.54. The zero-order valence-electron chi connectivity index (χ0n) is 10.5. The molecule has 2 heterocycles. The van der Waals surface area contributed by atoms with E-state index < -0.39 is 9.84 Å². The Morgan fingerprint density at radius 3 is 2.68 bits per heavy atom. The highest BCUT2D eigenvalue weighted by Crippen LogP contribution is 2.24. The lowest BCUT2D eigenvalue weighted by atomic mass is 10.1. The molecule has 0 spiro atoms. The topological polar surface area (TPSA) is 59.1 Å². The van der Waals surface area contributed by atoms with Gasteiger partial charge in [-0.3, -0.25) is 4.98 Å². The van der Waals surface area contributed by atoms with Crippen LogP contribution in [0.5, 0.6) is 0 Å². The molecule has 1 aromatic carbocycles. The molecule has 0 unspecified atom stereocenters. The van der Waals surface area contributed by atoms with Crippen LogP contribution in [-0.2, 0) is 9.84 Å². The van der Waals surface area contributed by atoms with Crippen molar-refractivity contribution in [2.75, 3.05) is 16.8 Å². The maximum Gasteiger partial charge on any atom is 0.150 e. The summed E-state index contributed by atoms with van der Waals surface area (Å²) in [6, 6.07) is 10.1. The quantitative estimate of drug-likeness (QED) is 0.913. The normalized spacial score (nSPS) is 19.4. The molecule has 100 valence electrons. The number of fused-ring (bicyclic) bond motifs is 1. The Bertz CT molecular complexity index is 678. The average Bonchev–Trinajstić information content (AvgIpc) is 2.42. The van der Waals surface area contributed by atoms with E-state index in [1.54, 1.807) is 6.20 Å². The third-order valence-electron chi connectivity index (χ3n) is 3.56. The first-order valence-electron chi connectivity index (χ1n) is 6.45. The minimum Gasteiger partial charge on any atom is -0.382 e. The monoisotopic (exact) mass is 276 g/mol. The minimum absolute atomic E-state index is 0.231. The van der Waals surface area contributed by atoms with Crippen molar-refractivity contribution in [2.24, 2.45) is 0 Å². The number of sulfone groups is 1. The summed E-state index contributed by atoms with van der Waals surface area (Å²) >= 11 is 0. The number of anilines is 1. The van der Waals surface area contributed by atoms with E-state index in [0.29, 0.717) is 12.8 Å². The summed E-state index contributed by atoms with van der Waals surface area (Å²) in [4.78, 5) is 4.32. The van der Waals surface area contributed by atoms with Gasteiger partial charge in [0.1, 0.15) is 9.84 Å². The number of hydrogen-bond donors (Lipinski definition) is 1. The standard InChI is InChI=1S/C14H16N2O2S/c17-19(18)9-6-11(7-10-19)16-14-5-1-4-13-12(14)3-2-8-15-13/h1-5,8,11,16H,6-7,9-10H2. The summed E-state index contributed by atoms with van der Waals surface area (Å²) in [6.45, 7) is 0. The summed E-state index contributed by atoms with van der Waals surface area (Å²) in [5.41, 5.74) is 1.99. The largest absolute Gasteiger partial charge is 0.382 e. The van der Waals surface area contributed by atoms with Crippen LogP contribution in [0, 0.1) is 0 Å². The Kier molecular flexibility index (Phi) is 3.14. The Balaban J connectivity index is 1.83. The van der Waals surface area contributed by atoms with Crippen LogP contribution in [0.25, 0.3) is 10.9 Å². The second-order valence-electron chi connectivity index (χ2n) is 4.95. The number of aromatic nitrogens is 1. The van der Waals surface area contributed by atoms with Crippen LogP contribution >= 0.6 is 0 Å². The Morgan fingerprint density at radius 2 is 1.89 bits per heavy atom. The van der Waals surface area contributed by atoms with E-state index in [4.69, 9.17) is 0 Å². The molecule has 2 aromatic rings. The van der Waals surface area contributed by atoms with Gasteiger partial charge in [-0.05, 0) is 37.1 Å². The number of benzene rings is 1. The molecule has 0 aliphatic carbocycles. The summed E-state index contributed by atoms with van der Waals surface area (Å²) < 4.78 is 22.8. The van der Waals surface area contributed by atoms with Gasteiger partial charge >= 0.3 is 0 Å². The molecule has 3 rings (SSSR count). The summed E-state index contributed by atoms with van der Waals surface area (Å²) in [7, 11) is -2.80. The number of nitrogens with zero attached hydrogens (tertiary/aromatic N) is 1. The maximum atomic E-state index is 11.4. The van der Waals surface area contributed by atoms with Crippen molar-refractivity contribution in [3.8, 4) is 0 Å². The van der Waals surface area contributed by atoms with Crippen LogP contribution in [0.1, 0.15) is 12.8 Å². The fourth-order valence-electron chi connectivity index (χ4n) is 2.48. The van der Waals surface area contributed by atoms with E-state index in [0.717, 1.165) is 16.6 Å². The molecular formula is C14H16N2O2S. The molecule has 1 aliphatic rings. The SMILES string of the molecule is O=S1(=O)CCC(Nc2cccc3ncccc23)CC1. The van der Waals surface area contributed by atoms with Crippen molar-refractivity contribution in [3.05, 3.63) is 36.5 Å². The van der Waals surface area contributed by atoms with Gasteiger partial charge in [0, 0.05) is 23.3 Å². The molecule has 0 saturated carbocycles. The van der Waals surface area contributed by atoms with E-state index in [1.807, 2.05) is 30.3 Å². The molecule has 4 nitrogen and oxygen atoms in total. The molecule has 5 heteroatoms. The van der Waals surface area contributed by atoms with Gasteiger partial charge in [-0.1, -0.05) is 6.07 Å². The lowest BCUT2D eigenvalue weighted by Gasteiger charge is -2.24. The molecule has 1 saturated heterocycles. The van der Waals surface area contributed by atoms with Crippen LogP contribution in [-0.4, -0.2) is 30.9 Å². The van der Waals surface area contributed by atoms with Gasteiger partial charge in [0.15, 0.2) is 0 Å². The first-order chi connectivity index (χ1) is 9.14. The zero-order valence-corrected chi connectivity index (χ0v) is 11.4. The van der Waals surface area contributed by atoms with E-state index in [2.05, 4.69) is 10.3 Å². The van der Waals surface area contributed by atoms with Crippen LogP contribution < -0.4 is 5.32 Å². The van der Waals surface area contributed by atoms with Gasteiger partial charge in [-0.25, -0.2) is 8.42 Å². The Hall–Kier alpha value is -1.62. The molecule has 1 aliphatic heterocycles. The van der Waals surface area contributed by atoms with Crippen LogP contribution in [0.3, 0.4) is 0 Å². The predicted molar refractivity (Wildman–Crippen MR) is 77.0 cm³/mol. The van der Waals surface area contributed by atoms with E-state index >= 15 is 0 Å². The summed E-state index contributed by atoms with van der Waals surface area (Å²) in [6.07, 6.45) is 3.14. The van der Waals surface area contributed by atoms with Gasteiger partial charge in [0.2, 0.25) is 0 Å². The van der Waals surface area contributed by atoms with Crippen molar-refractivity contribution < 1.29 is 8.42 Å². The zero-order chi connectivity index (χ0) is 13.3. The minimum atomic E-state index is -2.80. The smallest absolute Gasteiger partial charge is 0.150 e. The van der Waals surface area contributed by atoms with Crippen LogP contribution in [0.2, 0.25) is 0 Å². The second kappa shape index (κ2) is 4.81. The number of nitrogens with one attached hydrogen (secondary N) is 1. The van der Waals surface area contributed by atoms with Gasteiger partial charge in [0.25, 0.3) is 0 Å². The van der Waals surface area contributed by atoms with E-state index in [-0.39, 0.29) is 17.5 Å². The molecule has 0 amide bonds. The van der Waals surface area contributed by atoms with Gasteiger partial charge in [-0.15, -0.1) is 0 Å². The third kappa shape index (κ3) is 2.71. The highest BCUT2D eigenvalue weighted by molar-refractivity contribution is 7.91. The molecular weight excluding hydrogens is 260 g/mol. The van der Waals surface area contributed by atoms with Crippen molar-refractivity contribution in [3.63, 3.8) is 0 Å². The summed E-state index contributed by atoms with van der Waals surface area (Å²) in [5.74, 6) is 0.571. The Morgan fingerprint density at radius 1 is 1.11 bits per heavy atom. The van der Waals surface area contributed by atoms with Gasteiger partial charge in [0.05, 0.1) is 17.0 Å². The second-order valence-corrected chi connectivity index (χ2v) is 7.25. The first kappa shape index (κ1) is 12.4. The molecule has 1 N–H and O–H groups in total. The Labute approximate surface area is 112 Å². The van der Waals surface area contributed by atoms with E-state index in [1.165, 1.54) is 0 Å². The van der Waals surface area contributed by atoms with Crippen molar-refractivity contribution in [1.29, 1.82) is 0 Å². The highest BCUT2D eigenvalue weighted by atomic mass is 32.2. The fraction of sp³-hybridized carbons (Fsp3) is 0.357. The molecule has 0 atom stereocenters. The maximum absolute atomic E-state index is 11.4. The third-order valence-corrected chi connectivity index (χ3v) is 5.28. The van der Waals surface area contributed by atoms with Crippen molar-refractivity contribution in [2.45, 2.75) is 18.9 Å². The van der Waals surface area contributed by atoms with Crippen LogP contribution in [0.4, 0.5) is 5.69 Å². The average molecular weight is 276 g/mol. The predicted octanol–water partition coefficient (Wildman–Crippen LogP) is 2.22. The number of rotatable bonds is 2.